The zero-order chi connectivity index (χ0) is 44.6. The van der Waals surface area contributed by atoms with Gasteiger partial charge in [0.05, 0.1) is 40.0 Å². The fourth-order valence-electron chi connectivity index (χ4n) is 4.79. The molecule has 0 rings (SSSR count). The van der Waals surface area contributed by atoms with Crippen LogP contribution >= 0.6 is 7.82 Å². The Hall–Kier alpha value is -3.67. The minimum absolute atomic E-state index is 0.0730. The Kier molecular flexibility index (Phi) is 35.9. The molecule has 0 aromatic rings. The summed E-state index contributed by atoms with van der Waals surface area (Å²) in [5.41, 5.74) is 0. The summed E-state index contributed by atoms with van der Waals surface area (Å²) in [5, 5.41) is 20.0. The van der Waals surface area contributed by atoms with Crippen LogP contribution in [0, 0.1) is 0 Å². The number of allylic oxidation sites excluding steroid dienone is 16. The Bertz CT molecular complexity index is 1470. The molecule has 0 aromatic heterocycles. The number of aliphatic hydroxyl groups is 2. The number of rotatable bonds is 36. The first-order valence-corrected chi connectivity index (χ1v) is 22.9. The predicted molar refractivity (Wildman–Crippen MR) is 243 cm³/mol. The number of likely N-dealkylation sites (N-methyl/N-ethyl adjacent to an activating group) is 1. The first-order chi connectivity index (χ1) is 28.8. The average Bonchev–Trinajstić information content (AvgIpc) is 3.19. The van der Waals surface area contributed by atoms with E-state index >= 15 is 0 Å². The fraction of sp³-hybridized carbons (Fsp3) is 0.542. The van der Waals surface area contributed by atoms with Crippen LogP contribution < -0.4 is 4.89 Å². The standard InChI is InChI=1S/C48H76NO10P/c1-6-8-10-11-12-13-14-15-16-17-18-19-23-26-32-39-48(53)59-46(43-58-60(54,55)57-41-40-49(3,4)5)42-56-47(52)38-33-27-31-37-45(51)36-30-25-22-20-21-24-29-35-44(50)34-28-9-7-2/h8-10,12-13,15-16,18-19,21-22,24-25,28-31,35-37,44-46,50-51H,6-7,11,14,17,20,23,26-27,32-34,38-43H2,1-5H3/b10-8-,13-12-,16-15-,19-18-,24-21-,25-22-,28-9-,35-29+,36-30+,37-31-/t44-,45-,46-/m1/s1. The van der Waals surface area contributed by atoms with Crippen molar-refractivity contribution in [1.29, 1.82) is 0 Å². The lowest BCUT2D eigenvalue weighted by Crippen LogP contribution is -2.37. The zero-order valence-corrected chi connectivity index (χ0v) is 38.0. The number of nitrogens with zero attached hydrogens (tertiary/aromatic N) is 1. The van der Waals surface area contributed by atoms with E-state index in [0.717, 1.165) is 44.9 Å². The van der Waals surface area contributed by atoms with E-state index in [1.165, 1.54) is 0 Å². The highest BCUT2D eigenvalue weighted by Crippen LogP contribution is 2.38. The number of carbonyl (C=O) groups is 2. The van der Waals surface area contributed by atoms with E-state index in [9.17, 15) is 29.3 Å². The third-order valence-corrected chi connectivity index (χ3v) is 9.12. The van der Waals surface area contributed by atoms with Crippen molar-refractivity contribution in [3.63, 3.8) is 0 Å². The van der Waals surface area contributed by atoms with Crippen LogP contribution in [0.15, 0.2) is 122 Å². The van der Waals surface area contributed by atoms with Crippen molar-refractivity contribution in [3.8, 4) is 0 Å². The SMILES string of the molecule is CC/C=C\C/C=C\C/C=C\C/C=C\CCCCC(=O)O[C@H](COC(=O)CCC/C=C\[C@H](O)/C=C/C=C\C/C=C\C=C\[C@H](O)C/C=C\CC)COP(=O)([O-])OCC[N+](C)(C)C. The van der Waals surface area contributed by atoms with E-state index in [-0.39, 0.29) is 26.1 Å². The van der Waals surface area contributed by atoms with Crippen molar-refractivity contribution < 1.29 is 52.3 Å². The van der Waals surface area contributed by atoms with Gasteiger partial charge in [0.2, 0.25) is 0 Å². The molecule has 2 N–H and O–H groups in total. The van der Waals surface area contributed by atoms with E-state index in [1.807, 2.05) is 63.7 Å². The quantitative estimate of drug-likeness (QED) is 0.0156. The monoisotopic (exact) mass is 858 g/mol. The summed E-state index contributed by atoms with van der Waals surface area (Å²) in [5.74, 6) is -1.08. The third-order valence-electron chi connectivity index (χ3n) is 8.15. The van der Waals surface area contributed by atoms with Gasteiger partial charge in [0, 0.05) is 12.8 Å². The largest absolute Gasteiger partial charge is 0.756 e. The molecule has 0 spiro atoms. The van der Waals surface area contributed by atoms with Gasteiger partial charge >= 0.3 is 11.9 Å². The summed E-state index contributed by atoms with van der Waals surface area (Å²) in [6.07, 6.45) is 46.0. The molecule has 0 fully saturated rings. The number of quaternary nitrogens is 1. The van der Waals surface area contributed by atoms with Gasteiger partial charge in [-0.3, -0.25) is 14.2 Å². The van der Waals surface area contributed by atoms with Crippen molar-refractivity contribution >= 4 is 19.8 Å². The maximum atomic E-state index is 12.7. The lowest BCUT2D eigenvalue weighted by molar-refractivity contribution is -0.870. The minimum atomic E-state index is -4.69. The number of phosphoric ester groups is 1. The molecule has 4 atom stereocenters. The highest BCUT2D eigenvalue weighted by molar-refractivity contribution is 7.45. The maximum absolute atomic E-state index is 12.7. The van der Waals surface area contributed by atoms with Gasteiger partial charge in [-0.1, -0.05) is 135 Å². The maximum Gasteiger partial charge on any atom is 0.306 e. The smallest absolute Gasteiger partial charge is 0.306 e. The molecule has 0 aromatic carbocycles. The van der Waals surface area contributed by atoms with E-state index in [0.29, 0.717) is 43.1 Å². The Morgan fingerprint density at radius 3 is 1.85 bits per heavy atom. The average molecular weight is 858 g/mol. The number of unbranched alkanes of at least 4 members (excludes halogenated alkanes) is 3. The molecule has 0 aliphatic carbocycles. The van der Waals surface area contributed by atoms with Crippen molar-refractivity contribution in [2.24, 2.45) is 0 Å². The molecule has 0 amide bonds. The number of carbonyl (C=O) groups excluding carboxylic acids is 2. The molecule has 12 heteroatoms. The molecule has 0 aliphatic heterocycles. The van der Waals surface area contributed by atoms with Crippen LogP contribution in [0.1, 0.15) is 104 Å². The van der Waals surface area contributed by atoms with Crippen LogP contribution in [0.25, 0.3) is 0 Å². The Morgan fingerprint density at radius 2 is 1.20 bits per heavy atom. The molecule has 0 saturated heterocycles. The second kappa shape index (κ2) is 38.3. The highest BCUT2D eigenvalue weighted by Gasteiger charge is 2.21. The highest BCUT2D eigenvalue weighted by atomic mass is 31.2. The van der Waals surface area contributed by atoms with Crippen molar-refractivity contribution in [2.45, 2.75) is 122 Å². The van der Waals surface area contributed by atoms with Crippen LogP contribution in [0.3, 0.4) is 0 Å². The third kappa shape index (κ3) is 41.1. The molecule has 1 unspecified atom stereocenters. The lowest BCUT2D eigenvalue weighted by atomic mass is 10.2. The van der Waals surface area contributed by atoms with Gasteiger partial charge in [-0.25, -0.2) is 0 Å². The van der Waals surface area contributed by atoms with E-state index in [2.05, 4.69) is 62.5 Å². The number of esters is 2. The Labute approximate surface area is 362 Å². The molecule has 0 saturated carbocycles. The topological polar surface area (TPSA) is 152 Å². The van der Waals surface area contributed by atoms with Crippen LogP contribution in [0.2, 0.25) is 0 Å². The number of hydrogen-bond donors (Lipinski definition) is 2. The van der Waals surface area contributed by atoms with Gasteiger partial charge in [0.1, 0.15) is 19.8 Å². The van der Waals surface area contributed by atoms with Gasteiger partial charge in [0.15, 0.2) is 6.10 Å². The zero-order valence-electron chi connectivity index (χ0n) is 37.1. The molecule has 0 aliphatic rings. The van der Waals surface area contributed by atoms with Gasteiger partial charge in [-0.2, -0.15) is 0 Å². The summed E-state index contributed by atoms with van der Waals surface area (Å²) in [6.45, 7) is 3.60. The molecule has 0 radical (unpaired) electrons. The number of ether oxygens (including phenoxy) is 2. The first kappa shape index (κ1) is 56.3. The molecule has 0 bridgehead atoms. The fourth-order valence-corrected chi connectivity index (χ4v) is 5.52. The number of hydrogen-bond acceptors (Lipinski definition) is 10. The summed E-state index contributed by atoms with van der Waals surface area (Å²) >= 11 is 0. The van der Waals surface area contributed by atoms with Crippen LogP contribution in [0.4, 0.5) is 0 Å². The van der Waals surface area contributed by atoms with Crippen LogP contribution in [-0.2, 0) is 32.7 Å². The molecular formula is C48H76NO10P. The minimum Gasteiger partial charge on any atom is -0.756 e. The molecule has 60 heavy (non-hydrogen) atoms. The normalized spacial score (nSPS) is 15.8. The lowest BCUT2D eigenvalue weighted by Gasteiger charge is -2.28. The van der Waals surface area contributed by atoms with E-state index in [4.69, 9.17) is 18.5 Å². The van der Waals surface area contributed by atoms with Crippen molar-refractivity contribution in [2.75, 3.05) is 47.5 Å². The van der Waals surface area contributed by atoms with Crippen molar-refractivity contribution in [1.82, 2.24) is 0 Å². The molecule has 338 valence electrons. The predicted octanol–water partition coefficient (Wildman–Crippen LogP) is 9.43. The number of phosphoric acid groups is 1. The van der Waals surface area contributed by atoms with E-state index in [1.54, 1.807) is 30.4 Å². The van der Waals surface area contributed by atoms with E-state index < -0.39 is 44.7 Å². The summed E-state index contributed by atoms with van der Waals surface area (Å²) < 4.78 is 33.6. The van der Waals surface area contributed by atoms with Gasteiger partial charge in [0.25, 0.3) is 7.82 Å². The van der Waals surface area contributed by atoms with Crippen LogP contribution in [0.5, 0.6) is 0 Å². The van der Waals surface area contributed by atoms with Crippen molar-refractivity contribution in [3.05, 3.63) is 122 Å². The second-order valence-electron chi connectivity index (χ2n) is 15.0. The molecular weight excluding hydrogens is 781 g/mol. The Balaban J connectivity index is 4.71. The van der Waals surface area contributed by atoms with Crippen LogP contribution in [-0.4, -0.2) is 92.5 Å². The number of aliphatic hydroxyl groups excluding tert-OH is 2. The van der Waals surface area contributed by atoms with Gasteiger partial charge in [-0.05, 0) is 77.0 Å². The van der Waals surface area contributed by atoms with Gasteiger partial charge in [-0.15, -0.1) is 0 Å². The first-order valence-electron chi connectivity index (χ1n) is 21.5. The molecule has 0 heterocycles. The second-order valence-corrected chi connectivity index (χ2v) is 16.4. The summed E-state index contributed by atoms with van der Waals surface area (Å²) in [7, 11) is 0.997. The Morgan fingerprint density at radius 1 is 0.633 bits per heavy atom. The van der Waals surface area contributed by atoms with Gasteiger partial charge < -0.3 is 38.1 Å². The summed E-state index contributed by atoms with van der Waals surface area (Å²) in [4.78, 5) is 37.5. The summed E-state index contributed by atoms with van der Waals surface area (Å²) in [6, 6.07) is 0. The molecule has 11 nitrogen and oxygen atoms in total.